The van der Waals surface area contributed by atoms with Gasteiger partial charge in [0.2, 0.25) is 0 Å². The maximum absolute atomic E-state index is 5.75. The summed E-state index contributed by atoms with van der Waals surface area (Å²) in [5, 5.41) is 3.55. The molecule has 82 valence electrons. The third-order valence-electron chi connectivity index (χ3n) is 2.98. The van der Waals surface area contributed by atoms with Crippen molar-refractivity contribution in [3.05, 3.63) is 35.4 Å². The van der Waals surface area contributed by atoms with Crippen molar-refractivity contribution in [2.24, 2.45) is 0 Å². The first kappa shape index (κ1) is 10.7. The van der Waals surface area contributed by atoms with Crippen molar-refractivity contribution in [1.82, 2.24) is 5.32 Å². The van der Waals surface area contributed by atoms with Crippen LogP contribution in [0, 0.1) is 0 Å². The molecule has 0 unspecified atom stereocenters. The monoisotopic (exact) mass is 205 g/mol. The molecular weight excluding hydrogens is 186 g/mol. The van der Waals surface area contributed by atoms with Gasteiger partial charge in [-0.15, -0.1) is 0 Å². The SMILES string of the molecule is CCCN[C@@H]1c2ccccc2CO[C@@H]1C. The molecule has 0 aliphatic carbocycles. The Hall–Kier alpha value is -0.860. The number of nitrogens with one attached hydrogen (secondary N) is 1. The summed E-state index contributed by atoms with van der Waals surface area (Å²) in [5.74, 6) is 0. The fraction of sp³-hybridized carbons (Fsp3) is 0.538. The van der Waals surface area contributed by atoms with Crippen LogP contribution in [0.25, 0.3) is 0 Å². The first-order chi connectivity index (χ1) is 7.33. The highest BCUT2D eigenvalue weighted by molar-refractivity contribution is 5.31. The van der Waals surface area contributed by atoms with Gasteiger partial charge in [-0.3, -0.25) is 0 Å². The lowest BCUT2D eigenvalue weighted by Gasteiger charge is -2.32. The van der Waals surface area contributed by atoms with Crippen LogP contribution in [0.5, 0.6) is 0 Å². The zero-order valence-corrected chi connectivity index (χ0v) is 9.49. The molecular formula is C13H19NO. The second-order valence-corrected chi connectivity index (χ2v) is 4.15. The number of hydrogen-bond donors (Lipinski definition) is 1. The van der Waals surface area contributed by atoms with Crippen molar-refractivity contribution in [1.29, 1.82) is 0 Å². The van der Waals surface area contributed by atoms with E-state index in [9.17, 15) is 0 Å². The van der Waals surface area contributed by atoms with E-state index in [-0.39, 0.29) is 6.10 Å². The van der Waals surface area contributed by atoms with Gasteiger partial charge in [-0.05, 0) is 31.0 Å². The molecule has 2 heteroatoms. The summed E-state index contributed by atoms with van der Waals surface area (Å²) in [7, 11) is 0. The zero-order chi connectivity index (χ0) is 10.7. The van der Waals surface area contributed by atoms with Crippen molar-refractivity contribution in [2.75, 3.05) is 6.54 Å². The van der Waals surface area contributed by atoms with Gasteiger partial charge in [0.05, 0.1) is 18.8 Å². The van der Waals surface area contributed by atoms with E-state index in [1.54, 1.807) is 0 Å². The van der Waals surface area contributed by atoms with Crippen LogP contribution in [-0.4, -0.2) is 12.6 Å². The lowest BCUT2D eigenvalue weighted by Crippen LogP contribution is -2.36. The average Bonchev–Trinajstić information content (AvgIpc) is 2.28. The van der Waals surface area contributed by atoms with E-state index in [0.29, 0.717) is 6.04 Å². The van der Waals surface area contributed by atoms with Crippen LogP contribution < -0.4 is 5.32 Å². The molecule has 0 aromatic heterocycles. The van der Waals surface area contributed by atoms with E-state index in [2.05, 4.69) is 43.4 Å². The van der Waals surface area contributed by atoms with Crippen LogP contribution in [0.3, 0.4) is 0 Å². The molecule has 1 aliphatic heterocycles. The molecule has 0 spiro atoms. The van der Waals surface area contributed by atoms with Gasteiger partial charge in [-0.2, -0.15) is 0 Å². The fourth-order valence-electron chi connectivity index (χ4n) is 2.12. The number of rotatable bonds is 3. The van der Waals surface area contributed by atoms with Crippen LogP contribution in [0.15, 0.2) is 24.3 Å². The fourth-order valence-corrected chi connectivity index (χ4v) is 2.12. The molecule has 1 aromatic carbocycles. The maximum Gasteiger partial charge on any atom is 0.0746 e. The lowest BCUT2D eigenvalue weighted by atomic mass is 9.94. The second-order valence-electron chi connectivity index (χ2n) is 4.15. The van der Waals surface area contributed by atoms with Gasteiger partial charge in [0.15, 0.2) is 0 Å². The third kappa shape index (κ3) is 2.21. The molecule has 0 amide bonds. The predicted molar refractivity (Wildman–Crippen MR) is 61.7 cm³/mol. The Morgan fingerprint density at radius 1 is 1.40 bits per heavy atom. The molecule has 2 rings (SSSR count). The zero-order valence-electron chi connectivity index (χ0n) is 9.49. The van der Waals surface area contributed by atoms with E-state index in [1.807, 2.05) is 0 Å². The summed E-state index contributed by atoms with van der Waals surface area (Å²) in [4.78, 5) is 0. The van der Waals surface area contributed by atoms with Gasteiger partial charge < -0.3 is 10.1 Å². The van der Waals surface area contributed by atoms with Crippen molar-refractivity contribution in [2.45, 2.75) is 39.0 Å². The Kier molecular flexibility index (Phi) is 3.39. The van der Waals surface area contributed by atoms with Crippen molar-refractivity contribution in [3.8, 4) is 0 Å². The predicted octanol–water partition coefficient (Wildman–Crippen LogP) is 2.65. The maximum atomic E-state index is 5.75. The highest BCUT2D eigenvalue weighted by atomic mass is 16.5. The summed E-state index contributed by atoms with van der Waals surface area (Å²) >= 11 is 0. The highest BCUT2D eigenvalue weighted by Gasteiger charge is 2.25. The summed E-state index contributed by atoms with van der Waals surface area (Å²) in [6.07, 6.45) is 1.43. The molecule has 2 nitrogen and oxygen atoms in total. The Balaban J connectivity index is 2.21. The van der Waals surface area contributed by atoms with Gasteiger partial charge in [0.1, 0.15) is 0 Å². The van der Waals surface area contributed by atoms with E-state index in [1.165, 1.54) is 11.1 Å². The lowest BCUT2D eigenvalue weighted by molar-refractivity contribution is 0.0116. The van der Waals surface area contributed by atoms with Crippen LogP contribution in [0.4, 0.5) is 0 Å². The molecule has 2 atom stereocenters. The first-order valence-corrected chi connectivity index (χ1v) is 5.75. The van der Waals surface area contributed by atoms with Crippen molar-refractivity contribution in [3.63, 3.8) is 0 Å². The Morgan fingerprint density at radius 2 is 2.20 bits per heavy atom. The summed E-state index contributed by atoms with van der Waals surface area (Å²) < 4.78 is 5.75. The molecule has 1 heterocycles. The Morgan fingerprint density at radius 3 is 3.00 bits per heavy atom. The second kappa shape index (κ2) is 4.77. The average molecular weight is 205 g/mol. The minimum Gasteiger partial charge on any atom is -0.372 e. The van der Waals surface area contributed by atoms with Gasteiger partial charge in [0, 0.05) is 0 Å². The Bertz CT molecular complexity index is 324. The third-order valence-corrected chi connectivity index (χ3v) is 2.98. The number of hydrogen-bond acceptors (Lipinski definition) is 2. The van der Waals surface area contributed by atoms with Gasteiger partial charge >= 0.3 is 0 Å². The largest absolute Gasteiger partial charge is 0.372 e. The summed E-state index contributed by atoms with van der Waals surface area (Å²) in [6.45, 7) is 6.13. The molecule has 0 bridgehead atoms. The molecule has 1 aromatic rings. The first-order valence-electron chi connectivity index (χ1n) is 5.75. The number of benzene rings is 1. The van der Waals surface area contributed by atoms with Crippen LogP contribution in [0.2, 0.25) is 0 Å². The highest BCUT2D eigenvalue weighted by Crippen LogP contribution is 2.28. The molecule has 1 N–H and O–H groups in total. The smallest absolute Gasteiger partial charge is 0.0746 e. The van der Waals surface area contributed by atoms with E-state index >= 15 is 0 Å². The Labute approximate surface area is 91.6 Å². The quantitative estimate of drug-likeness (QED) is 0.819. The van der Waals surface area contributed by atoms with Gasteiger partial charge in [-0.1, -0.05) is 31.2 Å². The molecule has 15 heavy (non-hydrogen) atoms. The van der Waals surface area contributed by atoms with E-state index in [0.717, 1.165) is 19.6 Å². The van der Waals surface area contributed by atoms with Crippen LogP contribution in [-0.2, 0) is 11.3 Å². The molecule has 1 aliphatic rings. The van der Waals surface area contributed by atoms with Crippen LogP contribution in [0.1, 0.15) is 37.4 Å². The van der Waals surface area contributed by atoms with Crippen LogP contribution >= 0.6 is 0 Å². The molecule has 0 saturated carbocycles. The normalized spacial score (nSPS) is 24.9. The van der Waals surface area contributed by atoms with E-state index in [4.69, 9.17) is 4.74 Å². The van der Waals surface area contributed by atoms with Gasteiger partial charge in [-0.25, -0.2) is 0 Å². The molecule has 0 radical (unpaired) electrons. The molecule has 0 fully saturated rings. The molecule has 0 saturated heterocycles. The van der Waals surface area contributed by atoms with Crippen molar-refractivity contribution < 1.29 is 4.74 Å². The number of ether oxygens (including phenoxy) is 1. The van der Waals surface area contributed by atoms with Gasteiger partial charge in [0.25, 0.3) is 0 Å². The topological polar surface area (TPSA) is 21.3 Å². The number of fused-ring (bicyclic) bond motifs is 1. The summed E-state index contributed by atoms with van der Waals surface area (Å²) in [5.41, 5.74) is 2.73. The standard InChI is InChI=1S/C13H19NO/c1-3-8-14-13-10(2)15-9-11-6-4-5-7-12(11)13/h4-7,10,13-14H,3,8-9H2,1-2H3/t10-,13+/m1/s1. The minimum absolute atomic E-state index is 0.270. The van der Waals surface area contributed by atoms with E-state index < -0.39 is 0 Å². The van der Waals surface area contributed by atoms with Crippen molar-refractivity contribution >= 4 is 0 Å². The summed E-state index contributed by atoms with van der Waals surface area (Å²) in [6, 6.07) is 8.91. The minimum atomic E-state index is 0.270.